The van der Waals surface area contributed by atoms with Crippen LogP contribution >= 0.6 is 0 Å². The first kappa shape index (κ1) is 21.0. The van der Waals surface area contributed by atoms with Crippen LogP contribution in [0.15, 0.2) is 72.0 Å². The van der Waals surface area contributed by atoms with E-state index in [2.05, 4.69) is 20.5 Å². The Hall–Kier alpha value is -4.20. The average Bonchev–Trinajstić information content (AvgIpc) is 3.21. The van der Waals surface area contributed by atoms with E-state index in [1.54, 1.807) is 33.4 Å². The lowest BCUT2D eigenvalue weighted by atomic mass is 10.1. The molecule has 8 heteroatoms. The van der Waals surface area contributed by atoms with Crippen molar-refractivity contribution in [3.8, 4) is 23.0 Å². The Morgan fingerprint density at radius 2 is 1.88 bits per heavy atom. The van der Waals surface area contributed by atoms with Crippen molar-refractivity contribution in [1.82, 2.24) is 20.0 Å². The standard InChI is InChI=1S/C24H23N5O3/c1-16(18-12-11-17(31-2)14-22(18)32-3)27-28-23(30)15-29-21-10-5-4-8-19(21)26-24(29)20-9-6-7-13-25-20/h4-14H,15H2,1-3H3,(H,28,30)/b27-16+. The summed E-state index contributed by atoms with van der Waals surface area (Å²) in [5.41, 5.74) is 6.34. The second-order valence-corrected chi connectivity index (χ2v) is 7.02. The summed E-state index contributed by atoms with van der Waals surface area (Å²) in [6, 6.07) is 18.7. The summed E-state index contributed by atoms with van der Waals surface area (Å²) in [4.78, 5) is 21.9. The predicted octanol–water partition coefficient (Wildman–Crippen LogP) is 3.66. The topological polar surface area (TPSA) is 90.6 Å². The molecule has 2 aromatic heterocycles. The first-order chi connectivity index (χ1) is 15.6. The fourth-order valence-electron chi connectivity index (χ4n) is 3.41. The molecular weight excluding hydrogens is 406 g/mol. The molecule has 0 atom stereocenters. The lowest BCUT2D eigenvalue weighted by Gasteiger charge is -2.11. The number of carbonyl (C=O) groups excluding carboxylic acids is 1. The van der Waals surface area contributed by atoms with Crippen molar-refractivity contribution in [1.29, 1.82) is 0 Å². The van der Waals surface area contributed by atoms with Crippen molar-refractivity contribution in [2.45, 2.75) is 13.5 Å². The average molecular weight is 429 g/mol. The third kappa shape index (κ3) is 4.29. The number of para-hydroxylation sites is 2. The molecule has 2 aromatic carbocycles. The molecule has 1 N–H and O–H groups in total. The monoisotopic (exact) mass is 429 g/mol. The van der Waals surface area contributed by atoms with Crippen LogP contribution in [0.2, 0.25) is 0 Å². The van der Waals surface area contributed by atoms with Crippen LogP contribution in [0.1, 0.15) is 12.5 Å². The molecule has 4 aromatic rings. The van der Waals surface area contributed by atoms with Crippen LogP contribution in [0.5, 0.6) is 11.5 Å². The van der Waals surface area contributed by atoms with Crippen molar-refractivity contribution in [2.24, 2.45) is 5.10 Å². The van der Waals surface area contributed by atoms with Gasteiger partial charge in [-0.25, -0.2) is 10.4 Å². The van der Waals surface area contributed by atoms with Gasteiger partial charge in [0.05, 0.1) is 31.0 Å². The Balaban J connectivity index is 1.59. The third-order valence-electron chi connectivity index (χ3n) is 5.00. The Morgan fingerprint density at radius 1 is 1.06 bits per heavy atom. The normalized spacial score (nSPS) is 11.4. The molecule has 162 valence electrons. The summed E-state index contributed by atoms with van der Waals surface area (Å²) < 4.78 is 12.5. The Kier molecular flexibility index (Phi) is 6.12. The maximum atomic E-state index is 12.8. The highest BCUT2D eigenvalue weighted by molar-refractivity contribution is 6.01. The van der Waals surface area contributed by atoms with Crippen LogP contribution in [-0.4, -0.2) is 40.4 Å². The molecule has 4 rings (SSSR count). The van der Waals surface area contributed by atoms with Crippen LogP contribution in [0, 0.1) is 0 Å². The highest BCUT2D eigenvalue weighted by Crippen LogP contribution is 2.25. The molecule has 0 fully saturated rings. The number of amides is 1. The minimum absolute atomic E-state index is 0.0446. The van der Waals surface area contributed by atoms with Gasteiger partial charge in [0, 0.05) is 17.8 Å². The SMILES string of the molecule is COc1ccc(/C(C)=N/NC(=O)Cn2c(-c3ccccn3)nc3ccccc32)c(OC)c1. The van der Waals surface area contributed by atoms with Gasteiger partial charge < -0.3 is 14.0 Å². The van der Waals surface area contributed by atoms with Gasteiger partial charge in [-0.1, -0.05) is 18.2 Å². The predicted molar refractivity (Wildman–Crippen MR) is 123 cm³/mol. The largest absolute Gasteiger partial charge is 0.497 e. The van der Waals surface area contributed by atoms with Gasteiger partial charge in [0.15, 0.2) is 5.82 Å². The van der Waals surface area contributed by atoms with E-state index in [1.165, 1.54) is 0 Å². The summed E-state index contributed by atoms with van der Waals surface area (Å²) in [6.07, 6.45) is 1.70. The van der Waals surface area contributed by atoms with Gasteiger partial charge in [-0.3, -0.25) is 9.78 Å². The number of imidazole rings is 1. The van der Waals surface area contributed by atoms with Crippen LogP contribution in [-0.2, 0) is 11.3 Å². The minimum Gasteiger partial charge on any atom is -0.497 e. The molecular formula is C24H23N5O3. The van der Waals surface area contributed by atoms with Crippen LogP contribution in [0.25, 0.3) is 22.6 Å². The number of hydrogen-bond donors (Lipinski definition) is 1. The molecule has 0 saturated carbocycles. The van der Waals surface area contributed by atoms with Gasteiger partial charge in [0.2, 0.25) is 0 Å². The molecule has 2 heterocycles. The van der Waals surface area contributed by atoms with Gasteiger partial charge in [0.25, 0.3) is 5.91 Å². The van der Waals surface area contributed by atoms with E-state index in [1.807, 2.05) is 59.2 Å². The van der Waals surface area contributed by atoms with Gasteiger partial charge in [-0.2, -0.15) is 5.10 Å². The van der Waals surface area contributed by atoms with Crippen LogP contribution in [0.3, 0.4) is 0 Å². The highest BCUT2D eigenvalue weighted by Gasteiger charge is 2.16. The molecule has 0 bridgehead atoms. The fourth-order valence-corrected chi connectivity index (χ4v) is 3.41. The van der Waals surface area contributed by atoms with Crippen molar-refractivity contribution in [2.75, 3.05) is 14.2 Å². The molecule has 0 spiro atoms. The van der Waals surface area contributed by atoms with Crippen molar-refractivity contribution in [3.05, 3.63) is 72.4 Å². The summed E-state index contributed by atoms with van der Waals surface area (Å²) in [6.45, 7) is 1.85. The summed E-state index contributed by atoms with van der Waals surface area (Å²) in [5, 5.41) is 4.27. The summed E-state index contributed by atoms with van der Waals surface area (Å²) in [7, 11) is 3.17. The zero-order chi connectivity index (χ0) is 22.5. The second kappa shape index (κ2) is 9.30. The number of benzene rings is 2. The zero-order valence-electron chi connectivity index (χ0n) is 18.1. The quantitative estimate of drug-likeness (QED) is 0.358. The van der Waals surface area contributed by atoms with E-state index in [0.29, 0.717) is 28.7 Å². The first-order valence-electron chi connectivity index (χ1n) is 10.0. The Bertz CT molecular complexity index is 1280. The van der Waals surface area contributed by atoms with Crippen molar-refractivity contribution < 1.29 is 14.3 Å². The van der Waals surface area contributed by atoms with E-state index >= 15 is 0 Å². The number of aromatic nitrogens is 3. The minimum atomic E-state index is -0.280. The molecule has 0 aliphatic heterocycles. The van der Waals surface area contributed by atoms with Gasteiger partial charge in [0.1, 0.15) is 23.7 Å². The molecule has 0 aliphatic rings. The van der Waals surface area contributed by atoms with Crippen LogP contribution in [0.4, 0.5) is 0 Å². The smallest absolute Gasteiger partial charge is 0.260 e. The molecule has 0 aliphatic carbocycles. The van der Waals surface area contributed by atoms with E-state index in [0.717, 1.165) is 16.6 Å². The van der Waals surface area contributed by atoms with E-state index in [-0.39, 0.29) is 12.5 Å². The van der Waals surface area contributed by atoms with E-state index in [9.17, 15) is 4.79 Å². The van der Waals surface area contributed by atoms with Gasteiger partial charge in [-0.05, 0) is 43.3 Å². The fraction of sp³-hybridized carbons (Fsp3) is 0.167. The number of fused-ring (bicyclic) bond motifs is 1. The zero-order valence-corrected chi connectivity index (χ0v) is 18.1. The highest BCUT2D eigenvalue weighted by atomic mass is 16.5. The lowest BCUT2D eigenvalue weighted by Crippen LogP contribution is -2.24. The van der Waals surface area contributed by atoms with Crippen molar-refractivity contribution in [3.63, 3.8) is 0 Å². The Labute approximate surface area is 185 Å². The molecule has 8 nitrogen and oxygen atoms in total. The number of ether oxygens (including phenoxy) is 2. The molecule has 0 saturated heterocycles. The lowest BCUT2D eigenvalue weighted by molar-refractivity contribution is -0.121. The van der Waals surface area contributed by atoms with Gasteiger partial charge >= 0.3 is 0 Å². The second-order valence-electron chi connectivity index (χ2n) is 7.02. The number of nitrogens with zero attached hydrogens (tertiary/aromatic N) is 4. The third-order valence-corrected chi connectivity index (χ3v) is 5.00. The Morgan fingerprint density at radius 3 is 2.62 bits per heavy atom. The maximum absolute atomic E-state index is 12.8. The van der Waals surface area contributed by atoms with Crippen molar-refractivity contribution >= 4 is 22.7 Å². The molecule has 0 radical (unpaired) electrons. The number of hydrazone groups is 1. The number of pyridine rings is 1. The molecule has 0 unspecified atom stereocenters. The van der Waals surface area contributed by atoms with Crippen LogP contribution < -0.4 is 14.9 Å². The number of methoxy groups -OCH3 is 2. The number of rotatable bonds is 7. The maximum Gasteiger partial charge on any atom is 0.260 e. The first-order valence-corrected chi connectivity index (χ1v) is 10.0. The molecule has 1 amide bonds. The number of hydrogen-bond acceptors (Lipinski definition) is 6. The summed E-state index contributed by atoms with van der Waals surface area (Å²) >= 11 is 0. The number of carbonyl (C=O) groups is 1. The van der Waals surface area contributed by atoms with Gasteiger partial charge in [-0.15, -0.1) is 0 Å². The van der Waals surface area contributed by atoms with E-state index < -0.39 is 0 Å². The number of nitrogens with one attached hydrogen (secondary N) is 1. The molecule has 32 heavy (non-hydrogen) atoms. The van der Waals surface area contributed by atoms with E-state index in [4.69, 9.17) is 9.47 Å². The summed E-state index contributed by atoms with van der Waals surface area (Å²) in [5.74, 6) is 1.63.